The molecule has 2 amide bonds. The molecule has 0 unspecified atom stereocenters. The van der Waals surface area contributed by atoms with Crippen LogP contribution in [0.25, 0.3) is 0 Å². The van der Waals surface area contributed by atoms with Crippen LogP contribution in [-0.4, -0.2) is 50.1 Å². The fourth-order valence-corrected chi connectivity index (χ4v) is 3.32. The van der Waals surface area contributed by atoms with Gasteiger partial charge in [0.1, 0.15) is 5.82 Å². The average Bonchev–Trinajstić information content (AvgIpc) is 2.72. The fraction of sp³-hybridized carbons (Fsp3) is 0.364. The molecular formula is C22H26BrFN2O3. The molecule has 0 spiro atoms. The number of rotatable bonds is 11. The Balaban J connectivity index is 1.81. The highest BCUT2D eigenvalue weighted by Gasteiger charge is 2.15. The van der Waals surface area contributed by atoms with Gasteiger partial charge in [0.2, 0.25) is 5.91 Å². The van der Waals surface area contributed by atoms with Crippen molar-refractivity contribution >= 4 is 27.7 Å². The molecule has 2 aromatic carbocycles. The van der Waals surface area contributed by atoms with Gasteiger partial charge in [0.15, 0.2) is 0 Å². The molecule has 0 heterocycles. The standard InChI is InChI=1S/C22H26BrFN2O3/c1-29-15-14-26(13-5-8-17-6-3-2-4-7-17)21(27)11-12-25-22(28)19-16-18(24)9-10-20(19)23/h2-4,6-7,9-10,16H,5,8,11-15H2,1H3,(H,25,28). The summed E-state index contributed by atoms with van der Waals surface area (Å²) in [7, 11) is 1.60. The monoisotopic (exact) mass is 464 g/mol. The lowest BCUT2D eigenvalue weighted by Gasteiger charge is -2.22. The fourth-order valence-electron chi connectivity index (χ4n) is 2.89. The zero-order valence-electron chi connectivity index (χ0n) is 16.5. The predicted octanol–water partition coefficient (Wildman–Crippen LogP) is 3.82. The van der Waals surface area contributed by atoms with Crippen LogP contribution in [0.5, 0.6) is 0 Å². The molecule has 0 bridgehead atoms. The van der Waals surface area contributed by atoms with Gasteiger partial charge in [0, 0.05) is 37.6 Å². The molecule has 1 N–H and O–H groups in total. The zero-order chi connectivity index (χ0) is 21.1. The Labute approximate surface area is 179 Å². The SMILES string of the molecule is COCCN(CCCc1ccccc1)C(=O)CCNC(=O)c1cc(F)ccc1Br. The number of hydrogen-bond donors (Lipinski definition) is 1. The quantitative estimate of drug-likeness (QED) is 0.549. The molecule has 7 heteroatoms. The van der Waals surface area contributed by atoms with Gasteiger partial charge in [0.05, 0.1) is 12.2 Å². The molecule has 2 aromatic rings. The van der Waals surface area contributed by atoms with E-state index in [4.69, 9.17) is 4.74 Å². The molecule has 0 radical (unpaired) electrons. The van der Waals surface area contributed by atoms with E-state index < -0.39 is 11.7 Å². The minimum absolute atomic E-state index is 0.0475. The number of amides is 2. The van der Waals surface area contributed by atoms with Crippen LogP contribution in [0.1, 0.15) is 28.8 Å². The second kappa shape index (κ2) is 12.3. The molecule has 0 aliphatic rings. The molecule has 156 valence electrons. The molecule has 0 atom stereocenters. The smallest absolute Gasteiger partial charge is 0.252 e. The maximum Gasteiger partial charge on any atom is 0.252 e. The number of ether oxygens (including phenoxy) is 1. The summed E-state index contributed by atoms with van der Waals surface area (Å²) in [6.45, 7) is 1.77. The third-order valence-electron chi connectivity index (χ3n) is 4.45. The zero-order valence-corrected chi connectivity index (χ0v) is 18.1. The summed E-state index contributed by atoms with van der Waals surface area (Å²) in [5, 5.41) is 2.68. The van der Waals surface area contributed by atoms with Crippen molar-refractivity contribution in [2.75, 3.05) is 33.4 Å². The molecular weight excluding hydrogens is 439 g/mol. The Bertz CT molecular complexity index is 802. The predicted molar refractivity (Wildman–Crippen MR) is 114 cm³/mol. The van der Waals surface area contributed by atoms with Crippen LogP contribution in [0.4, 0.5) is 4.39 Å². The first kappa shape index (κ1) is 23.0. The van der Waals surface area contributed by atoms with Gasteiger partial charge in [-0.1, -0.05) is 30.3 Å². The van der Waals surface area contributed by atoms with E-state index in [2.05, 4.69) is 33.4 Å². The van der Waals surface area contributed by atoms with E-state index in [9.17, 15) is 14.0 Å². The van der Waals surface area contributed by atoms with Gasteiger partial charge in [-0.2, -0.15) is 0 Å². The van der Waals surface area contributed by atoms with E-state index >= 15 is 0 Å². The normalized spacial score (nSPS) is 10.6. The first-order valence-electron chi connectivity index (χ1n) is 9.55. The van der Waals surface area contributed by atoms with Crippen molar-refractivity contribution in [1.29, 1.82) is 0 Å². The Kier molecular flexibility index (Phi) is 9.80. The van der Waals surface area contributed by atoms with E-state index in [1.54, 1.807) is 12.0 Å². The van der Waals surface area contributed by atoms with Gasteiger partial charge in [0.25, 0.3) is 5.91 Å². The Morgan fingerprint density at radius 2 is 1.90 bits per heavy atom. The van der Waals surface area contributed by atoms with Crippen molar-refractivity contribution in [3.05, 3.63) is 69.9 Å². The van der Waals surface area contributed by atoms with Gasteiger partial charge in [-0.15, -0.1) is 0 Å². The minimum Gasteiger partial charge on any atom is -0.383 e. The summed E-state index contributed by atoms with van der Waals surface area (Å²) >= 11 is 3.23. The first-order valence-corrected chi connectivity index (χ1v) is 10.3. The largest absolute Gasteiger partial charge is 0.383 e. The van der Waals surface area contributed by atoms with Gasteiger partial charge in [-0.05, 0) is 52.5 Å². The number of carbonyl (C=O) groups excluding carboxylic acids is 2. The van der Waals surface area contributed by atoms with Crippen LogP contribution >= 0.6 is 15.9 Å². The summed E-state index contributed by atoms with van der Waals surface area (Å²) < 4.78 is 19.0. The third-order valence-corrected chi connectivity index (χ3v) is 5.14. The van der Waals surface area contributed by atoms with Crippen LogP contribution < -0.4 is 5.32 Å². The van der Waals surface area contributed by atoms with Crippen LogP contribution in [0.3, 0.4) is 0 Å². The lowest BCUT2D eigenvalue weighted by atomic mass is 10.1. The van der Waals surface area contributed by atoms with Crippen molar-refractivity contribution in [3.8, 4) is 0 Å². The highest BCUT2D eigenvalue weighted by Crippen LogP contribution is 2.17. The van der Waals surface area contributed by atoms with Crippen molar-refractivity contribution < 1.29 is 18.7 Å². The second-order valence-electron chi connectivity index (χ2n) is 6.59. The maximum absolute atomic E-state index is 13.3. The number of methoxy groups -OCH3 is 1. The summed E-state index contributed by atoms with van der Waals surface area (Å²) in [4.78, 5) is 26.6. The van der Waals surface area contributed by atoms with Crippen molar-refractivity contribution in [3.63, 3.8) is 0 Å². The number of halogens is 2. The van der Waals surface area contributed by atoms with Gasteiger partial charge in [-0.25, -0.2) is 4.39 Å². The number of nitrogens with one attached hydrogen (secondary N) is 1. The average molecular weight is 465 g/mol. The van der Waals surface area contributed by atoms with Gasteiger partial charge in [-0.3, -0.25) is 9.59 Å². The molecule has 0 saturated carbocycles. The summed E-state index contributed by atoms with van der Waals surface area (Å²) in [5.41, 5.74) is 1.44. The highest BCUT2D eigenvalue weighted by molar-refractivity contribution is 9.10. The molecule has 2 rings (SSSR count). The Hall–Kier alpha value is -2.25. The second-order valence-corrected chi connectivity index (χ2v) is 7.45. The molecule has 29 heavy (non-hydrogen) atoms. The number of aryl methyl sites for hydroxylation is 1. The minimum atomic E-state index is -0.487. The topological polar surface area (TPSA) is 58.6 Å². The molecule has 5 nitrogen and oxygen atoms in total. The maximum atomic E-state index is 13.3. The van der Waals surface area contributed by atoms with E-state index in [0.717, 1.165) is 18.9 Å². The molecule has 0 aliphatic carbocycles. The molecule has 0 saturated heterocycles. The first-order chi connectivity index (χ1) is 14.0. The molecule has 0 aromatic heterocycles. The third kappa shape index (κ3) is 7.95. The van der Waals surface area contributed by atoms with Crippen molar-refractivity contribution in [1.82, 2.24) is 10.2 Å². The number of benzene rings is 2. The van der Waals surface area contributed by atoms with Crippen molar-refractivity contribution in [2.24, 2.45) is 0 Å². The van der Waals surface area contributed by atoms with Crippen LogP contribution in [0, 0.1) is 5.82 Å². The van der Waals surface area contributed by atoms with Gasteiger partial charge >= 0.3 is 0 Å². The Morgan fingerprint density at radius 1 is 1.14 bits per heavy atom. The van der Waals surface area contributed by atoms with Crippen LogP contribution in [0.15, 0.2) is 53.0 Å². The lowest BCUT2D eigenvalue weighted by molar-refractivity contribution is -0.131. The lowest BCUT2D eigenvalue weighted by Crippen LogP contribution is -2.37. The Morgan fingerprint density at radius 3 is 2.62 bits per heavy atom. The van der Waals surface area contributed by atoms with Gasteiger partial charge < -0.3 is 15.0 Å². The summed E-state index contributed by atoms with van der Waals surface area (Å²) in [6, 6.07) is 14.0. The van der Waals surface area contributed by atoms with Crippen LogP contribution in [-0.2, 0) is 16.0 Å². The summed E-state index contributed by atoms with van der Waals surface area (Å²) in [6.07, 6.45) is 1.91. The summed E-state index contributed by atoms with van der Waals surface area (Å²) in [5.74, 6) is -0.955. The number of carbonyl (C=O) groups is 2. The molecule has 0 fully saturated rings. The van der Waals surface area contributed by atoms with E-state index in [-0.39, 0.29) is 24.4 Å². The molecule has 0 aliphatic heterocycles. The highest BCUT2D eigenvalue weighted by atomic mass is 79.9. The van der Waals surface area contributed by atoms with E-state index in [1.165, 1.54) is 17.7 Å². The number of nitrogens with zero attached hydrogens (tertiary/aromatic N) is 1. The van der Waals surface area contributed by atoms with Crippen molar-refractivity contribution in [2.45, 2.75) is 19.3 Å². The number of hydrogen-bond acceptors (Lipinski definition) is 3. The van der Waals surface area contributed by atoms with E-state index in [0.29, 0.717) is 24.2 Å². The van der Waals surface area contributed by atoms with E-state index in [1.807, 2.05) is 18.2 Å². The van der Waals surface area contributed by atoms with Crippen LogP contribution in [0.2, 0.25) is 0 Å².